The number of carbonyl (C=O) groups excluding carboxylic acids is 1. The molecule has 2 heterocycles. The van der Waals surface area contributed by atoms with Crippen molar-refractivity contribution >= 4 is 40.6 Å². The van der Waals surface area contributed by atoms with Crippen LogP contribution >= 0.6 is 23.8 Å². The predicted molar refractivity (Wildman–Crippen MR) is 121 cm³/mol. The summed E-state index contributed by atoms with van der Waals surface area (Å²) < 4.78 is 2.51. The molecule has 0 saturated heterocycles. The van der Waals surface area contributed by atoms with Gasteiger partial charge in [0.15, 0.2) is 4.77 Å². The van der Waals surface area contributed by atoms with Crippen molar-refractivity contribution in [2.24, 2.45) is 0 Å². The number of pyridine rings is 1. The average molecular weight is 438 g/mol. The molecule has 0 unspecified atom stereocenters. The van der Waals surface area contributed by atoms with E-state index in [1.54, 1.807) is 0 Å². The highest BCUT2D eigenvalue weighted by Gasteiger charge is 2.14. The van der Waals surface area contributed by atoms with E-state index in [1.807, 2.05) is 66.1 Å². The fraction of sp³-hybridized carbons (Fsp3) is 0.182. The molecule has 8 heteroatoms. The number of halogens is 1. The van der Waals surface area contributed by atoms with E-state index in [1.165, 1.54) is 0 Å². The number of aromatic nitrogens is 4. The topological polar surface area (TPSA) is 75.6 Å². The van der Waals surface area contributed by atoms with Crippen molar-refractivity contribution in [2.45, 2.75) is 19.9 Å². The molecule has 1 amide bonds. The Bertz CT molecular complexity index is 1260. The molecule has 30 heavy (non-hydrogen) atoms. The largest absolute Gasteiger partial charge is 0.352 e. The number of rotatable bonds is 6. The lowest BCUT2D eigenvalue weighted by Crippen LogP contribution is -2.27. The summed E-state index contributed by atoms with van der Waals surface area (Å²) in [5.41, 5.74) is 2.97. The van der Waals surface area contributed by atoms with Gasteiger partial charge in [0.1, 0.15) is 5.82 Å². The van der Waals surface area contributed by atoms with E-state index >= 15 is 0 Å². The number of aromatic amines is 1. The predicted octanol–water partition coefficient (Wildman–Crippen LogP) is 4.80. The third-order valence-corrected chi connectivity index (χ3v) is 5.45. The van der Waals surface area contributed by atoms with Gasteiger partial charge in [0.05, 0.1) is 16.8 Å². The van der Waals surface area contributed by atoms with Gasteiger partial charge in [-0.1, -0.05) is 41.9 Å². The zero-order valence-electron chi connectivity index (χ0n) is 16.4. The lowest BCUT2D eigenvalue weighted by atomic mass is 10.0. The third kappa shape index (κ3) is 4.13. The van der Waals surface area contributed by atoms with Crippen LogP contribution in [-0.4, -0.2) is 32.2 Å². The molecular weight excluding hydrogens is 418 g/mol. The van der Waals surface area contributed by atoms with Crippen LogP contribution in [0.3, 0.4) is 0 Å². The number of hydrogen-bond donors (Lipinski definition) is 2. The molecule has 0 aliphatic heterocycles. The van der Waals surface area contributed by atoms with Gasteiger partial charge in [-0.05, 0) is 43.4 Å². The van der Waals surface area contributed by atoms with Crippen LogP contribution in [0.25, 0.3) is 22.2 Å². The lowest BCUT2D eigenvalue weighted by molar-refractivity contribution is 0.0955. The van der Waals surface area contributed by atoms with E-state index in [2.05, 4.69) is 15.5 Å². The summed E-state index contributed by atoms with van der Waals surface area (Å²) in [4.78, 5) is 17.7. The van der Waals surface area contributed by atoms with Gasteiger partial charge in [0, 0.05) is 35.5 Å². The smallest absolute Gasteiger partial charge is 0.252 e. The third-order valence-electron chi connectivity index (χ3n) is 4.89. The summed E-state index contributed by atoms with van der Waals surface area (Å²) in [5.74, 6) is 0.672. The SMILES string of the molecule is CCn1c(CCNC(=O)c2cc(-c3ccc(Cl)cc3)nc3ccccc23)n[nH]c1=S. The van der Waals surface area contributed by atoms with Crippen molar-refractivity contribution in [3.8, 4) is 11.3 Å². The Balaban J connectivity index is 1.61. The van der Waals surface area contributed by atoms with Gasteiger partial charge in [-0.25, -0.2) is 4.98 Å². The first-order valence-electron chi connectivity index (χ1n) is 9.65. The van der Waals surface area contributed by atoms with Gasteiger partial charge in [-0.2, -0.15) is 5.10 Å². The highest BCUT2D eigenvalue weighted by molar-refractivity contribution is 7.71. The normalized spacial score (nSPS) is 11.0. The van der Waals surface area contributed by atoms with Crippen LogP contribution in [0.4, 0.5) is 0 Å². The number of benzene rings is 2. The Hall–Kier alpha value is -3.03. The molecular formula is C22H20ClN5OS. The van der Waals surface area contributed by atoms with Gasteiger partial charge >= 0.3 is 0 Å². The van der Waals surface area contributed by atoms with Crippen molar-refractivity contribution in [3.05, 3.63) is 75.8 Å². The summed E-state index contributed by atoms with van der Waals surface area (Å²) in [6.45, 7) is 3.19. The Kier molecular flexibility index (Phi) is 5.92. The van der Waals surface area contributed by atoms with Crippen LogP contribution in [0, 0.1) is 4.77 Å². The second kappa shape index (κ2) is 8.77. The molecule has 4 rings (SSSR count). The summed E-state index contributed by atoms with van der Waals surface area (Å²) in [5, 5.41) is 11.5. The van der Waals surface area contributed by atoms with Crippen LogP contribution in [-0.2, 0) is 13.0 Å². The minimum absolute atomic E-state index is 0.152. The molecule has 4 aromatic rings. The molecule has 0 radical (unpaired) electrons. The standard InChI is InChI=1S/C22H20ClN5OS/c1-2-28-20(26-27-22(28)30)11-12-24-21(29)17-13-19(14-7-9-15(23)10-8-14)25-18-6-4-3-5-16(17)18/h3-10,13H,2,11-12H2,1H3,(H,24,29)(H,27,30). The molecule has 0 aliphatic rings. The molecule has 0 bridgehead atoms. The monoisotopic (exact) mass is 437 g/mol. The Labute approximate surface area is 183 Å². The van der Waals surface area contributed by atoms with E-state index in [0.29, 0.717) is 28.3 Å². The molecule has 6 nitrogen and oxygen atoms in total. The van der Waals surface area contributed by atoms with Crippen molar-refractivity contribution < 1.29 is 4.79 Å². The fourth-order valence-corrected chi connectivity index (χ4v) is 3.79. The van der Waals surface area contributed by atoms with Crippen molar-refractivity contribution in [2.75, 3.05) is 6.54 Å². The molecule has 2 aromatic carbocycles. The molecule has 152 valence electrons. The van der Waals surface area contributed by atoms with Crippen LogP contribution < -0.4 is 5.32 Å². The first-order chi connectivity index (χ1) is 14.6. The lowest BCUT2D eigenvalue weighted by Gasteiger charge is -2.11. The van der Waals surface area contributed by atoms with Crippen LogP contribution in [0.2, 0.25) is 5.02 Å². The van der Waals surface area contributed by atoms with E-state index < -0.39 is 0 Å². The first-order valence-corrected chi connectivity index (χ1v) is 10.4. The van der Waals surface area contributed by atoms with E-state index in [0.717, 1.165) is 34.5 Å². The van der Waals surface area contributed by atoms with Gasteiger partial charge in [-0.3, -0.25) is 9.89 Å². The second-order valence-corrected chi connectivity index (χ2v) is 7.60. The second-order valence-electron chi connectivity index (χ2n) is 6.77. The Morgan fingerprint density at radius 3 is 2.73 bits per heavy atom. The molecule has 2 aromatic heterocycles. The number of hydrogen-bond acceptors (Lipinski definition) is 4. The maximum Gasteiger partial charge on any atom is 0.252 e. The zero-order valence-corrected chi connectivity index (χ0v) is 17.9. The highest BCUT2D eigenvalue weighted by atomic mass is 35.5. The summed E-state index contributed by atoms with van der Waals surface area (Å²) in [7, 11) is 0. The number of carbonyl (C=O) groups is 1. The summed E-state index contributed by atoms with van der Waals surface area (Å²) >= 11 is 11.2. The molecule has 0 fully saturated rings. The number of nitrogens with zero attached hydrogens (tertiary/aromatic N) is 3. The molecule has 2 N–H and O–H groups in total. The van der Waals surface area contributed by atoms with Crippen molar-refractivity contribution in [3.63, 3.8) is 0 Å². The first kappa shape index (κ1) is 20.3. The zero-order chi connectivity index (χ0) is 21.1. The molecule has 0 saturated carbocycles. The van der Waals surface area contributed by atoms with E-state index in [4.69, 9.17) is 28.8 Å². The highest BCUT2D eigenvalue weighted by Crippen LogP contribution is 2.26. The molecule has 0 atom stereocenters. The fourth-order valence-electron chi connectivity index (χ4n) is 3.38. The minimum Gasteiger partial charge on any atom is -0.352 e. The molecule has 0 spiro atoms. The van der Waals surface area contributed by atoms with E-state index in [9.17, 15) is 4.79 Å². The number of para-hydroxylation sites is 1. The minimum atomic E-state index is -0.152. The van der Waals surface area contributed by atoms with Crippen LogP contribution in [0.15, 0.2) is 54.6 Å². The van der Waals surface area contributed by atoms with Gasteiger partial charge in [0.25, 0.3) is 5.91 Å². The van der Waals surface area contributed by atoms with E-state index in [-0.39, 0.29) is 5.91 Å². The van der Waals surface area contributed by atoms with Crippen LogP contribution in [0.1, 0.15) is 23.1 Å². The summed E-state index contributed by atoms with van der Waals surface area (Å²) in [6, 6.07) is 16.9. The number of amides is 1. The van der Waals surface area contributed by atoms with Gasteiger partial charge in [-0.15, -0.1) is 0 Å². The van der Waals surface area contributed by atoms with Crippen molar-refractivity contribution in [1.29, 1.82) is 0 Å². The Morgan fingerprint density at radius 1 is 1.20 bits per heavy atom. The maximum atomic E-state index is 13.0. The average Bonchev–Trinajstić information content (AvgIpc) is 3.12. The number of H-pyrrole nitrogens is 1. The number of nitrogens with one attached hydrogen (secondary N) is 2. The number of fused-ring (bicyclic) bond motifs is 1. The maximum absolute atomic E-state index is 13.0. The Morgan fingerprint density at radius 2 is 1.97 bits per heavy atom. The quantitative estimate of drug-likeness (QED) is 0.425. The molecule has 0 aliphatic carbocycles. The summed E-state index contributed by atoms with van der Waals surface area (Å²) in [6.07, 6.45) is 0.583. The van der Waals surface area contributed by atoms with Gasteiger partial charge < -0.3 is 9.88 Å². The van der Waals surface area contributed by atoms with Crippen LogP contribution in [0.5, 0.6) is 0 Å². The van der Waals surface area contributed by atoms with Crippen molar-refractivity contribution in [1.82, 2.24) is 25.1 Å². The van der Waals surface area contributed by atoms with Gasteiger partial charge in [0.2, 0.25) is 0 Å².